The highest BCUT2D eigenvalue weighted by Crippen LogP contribution is 2.23. The van der Waals surface area contributed by atoms with Gasteiger partial charge in [-0.25, -0.2) is 4.39 Å². The molecule has 0 radical (unpaired) electrons. The second-order valence-corrected chi connectivity index (χ2v) is 4.98. The number of anilines is 1. The molecular formula is C16H15ClFNO. The summed E-state index contributed by atoms with van der Waals surface area (Å²) in [5.74, 6) is -1.08. The normalized spacial score (nSPS) is 10.4. The van der Waals surface area contributed by atoms with E-state index in [9.17, 15) is 9.18 Å². The van der Waals surface area contributed by atoms with Gasteiger partial charge in [0, 0.05) is 10.7 Å². The predicted molar refractivity (Wildman–Crippen MR) is 79.9 cm³/mol. The van der Waals surface area contributed by atoms with E-state index in [4.69, 9.17) is 11.6 Å². The van der Waals surface area contributed by atoms with Gasteiger partial charge in [-0.15, -0.1) is 0 Å². The molecule has 2 aromatic carbocycles. The van der Waals surface area contributed by atoms with Crippen LogP contribution in [0.3, 0.4) is 0 Å². The zero-order valence-electron chi connectivity index (χ0n) is 11.3. The first-order chi connectivity index (χ1) is 9.52. The van der Waals surface area contributed by atoms with Crippen molar-refractivity contribution in [2.45, 2.75) is 20.3 Å². The number of amides is 1. The number of para-hydroxylation sites is 1. The van der Waals surface area contributed by atoms with Crippen molar-refractivity contribution < 1.29 is 9.18 Å². The number of benzene rings is 2. The molecule has 0 atom stereocenters. The highest BCUT2D eigenvalue weighted by Gasteiger charge is 2.14. The van der Waals surface area contributed by atoms with Crippen LogP contribution in [-0.2, 0) is 6.42 Å². The van der Waals surface area contributed by atoms with E-state index in [1.165, 1.54) is 18.2 Å². The Morgan fingerprint density at radius 2 is 2.05 bits per heavy atom. The summed E-state index contributed by atoms with van der Waals surface area (Å²) < 4.78 is 13.7. The van der Waals surface area contributed by atoms with E-state index >= 15 is 0 Å². The number of carbonyl (C=O) groups excluding carboxylic acids is 1. The van der Waals surface area contributed by atoms with Crippen LogP contribution in [0, 0.1) is 12.7 Å². The third-order valence-electron chi connectivity index (χ3n) is 3.15. The number of rotatable bonds is 3. The van der Waals surface area contributed by atoms with E-state index in [0.29, 0.717) is 5.02 Å². The molecule has 1 amide bonds. The minimum atomic E-state index is -0.585. The molecule has 1 N–H and O–H groups in total. The largest absolute Gasteiger partial charge is 0.321 e. The molecule has 0 saturated carbocycles. The summed E-state index contributed by atoms with van der Waals surface area (Å²) in [6, 6.07) is 9.72. The second kappa shape index (κ2) is 6.06. The van der Waals surface area contributed by atoms with Crippen LogP contribution in [-0.4, -0.2) is 5.91 Å². The van der Waals surface area contributed by atoms with Gasteiger partial charge in [0.15, 0.2) is 0 Å². The molecule has 0 fully saturated rings. The van der Waals surface area contributed by atoms with E-state index in [0.717, 1.165) is 23.2 Å². The van der Waals surface area contributed by atoms with Crippen LogP contribution in [0.1, 0.15) is 28.4 Å². The Kier molecular flexibility index (Phi) is 4.40. The van der Waals surface area contributed by atoms with Gasteiger partial charge in [0.05, 0.1) is 5.56 Å². The predicted octanol–water partition coefficient (Wildman–Crippen LogP) is 4.60. The molecule has 0 aliphatic rings. The van der Waals surface area contributed by atoms with Gasteiger partial charge in [-0.3, -0.25) is 4.79 Å². The summed E-state index contributed by atoms with van der Waals surface area (Å²) in [5, 5.41) is 3.11. The fraction of sp³-hybridized carbons (Fsp3) is 0.188. The molecule has 0 aromatic heterocycles. The van der Waals surface area contributed by atoms with Crippen LogP contribution >= 0.6 is 11.6 Å². The van der Waals surface area contributed by atoms with Gasteiger partial charge in [0.1, 0.15) is 5.82 Å². The molecule has 20 heavy (non-hydrogen) atoms. The number of hydrogen-bond donors (Lipinski definition) is 1. The smallest absolute Gasteiger partial charge is 0.258 e. The zero-order chi connectivity index (χ0) is 14.7. The van der Waals surface area contributed by atoms with Gasteiger partial charge in [0.25, 0.3) is 5.91 Å². The Morgan fingerprint density at radius 3 is 2.75 bits per heavy atom. The molecule has 104 valence electrons. The molecule has 0 saturated heterocycles. The van der Waals surface area contributed by atoms with Crippen LogP contribution in [0.25, 0.3) is 0 Å². The van der Waals surface area contributed by atoms with Crippen molar-refractivity contribution in [1.82, 2.24) is 0 Å². The van der Waals surface area contributed by atoms with Gasteiger partial charge in [-0.1, -0.05) is 36.7 Å². The molecule has 0 bridgehead atoms. The summed E-state index contributed by atoms with van der Waals surface area (Å²) in [7, 11) is 0. The quantitative estimate of drug-likeness (QED) is 0.879. The first kappa shape index (κ1) is 14.5. The Hall–Kier alpha value is -1.87. The van der Waals surface area contributed by atoms with Crippen LogP contribution in [0.2, 0.25) is 5.02 Å². The molecule has 2 rings (SSSR count). The number of nitrogens with one attached hydrogen (secondary N) is 1. The molecule has 0 unspecified atom stereocenters. The third kappa shape index (κ3) is 2.99. The van der Waals surface area contributed by atoms with Gasteiger partial charge in [-0.2, -0.15) is 0 Å². The fourth-order valence-electron chi connectivity index (χ4n) is 2.05. The minimum absolute atomic E-state index is 0.0530. The van der Waals surface area contributed by atoms with Crippen molar-refractivity contribution >= 4 is 23.2 Å². The monoisotopic (exact) mass is 291 g/mol. The van der Waals surface area contributed by atoms with Gasteiger partial charge >= 0.3 is 0 Å². The molecule has 0 heterocycles. The third-order valence-corrected chi connectivity index (χ3v) is 3.39. The molecule has 4 heteroatoms. The first-order valence-corrected chi connectivity index (χ1v) is 6.75. The molecular weight excluding hydrogens is 277 g/mol. The van der Waals surface area contributed by atoms with Gasteiger partial charge in [-0.05, 0) is 42.7 Å². The average Bonchev–Trinajstić information content (AvgIpc) is 2.43. The SMILES string of the molecule is CCc1cccc(C)c1NC(=O)c1cc(Cl)ccc1F. The topological polar surface area (TPSA) is 29.1 Å². The van der Waals surface area contributed by atoms with Crippen LogP contribution in [0.4, 0.5) is 10.1 Å². The van der Waals surface area contributed by atoms with E-state index < -0.39 is 11.7 Å². The Bertz CT molecular complexity index is 655. The van der Waals surface area contributed by atoms with Crippen LogP contribution < -0.4 is 5.32 Å². The lowest BCUT2D eigenvalue weighted by molar-refractivity contribution is 0.102. The molecule has 0 aliphatic carbocycles. The number of carbonyl (C=O) groups is 1. The number of aryl methyl sites for hydroxylation is 2. The average molecular weight is 292 g/mol. The van der Waals surface area contributed by atoms with Gasteiger partial charge < -0.3 is 5.32 Å². The second-order valence-electron chi connectivity index (χ2n) is 4.54. The van der Waals surface area contributed by atoms with Crippen molar-refractivity contribution in [3.8, 4) is 0 Å². The molecule has 0 spiro atoms. The lowest BCUT2D eigenvalue weighted by Gasteiger charge is -2.13. The summed E-state index contributed by atoms with van der Waals surface area (Å²) in [6.07, 6.45) is 0.787. The minimum Gasteiger partial charge on any atom is -0.321 e. The molecule has 0 aliphatic heterocycles. The van der Waals surface area contributed by atoms with E-state index in [1.807, 2.05) is 32.0 Å². The van der Waals surface area contributed by atoms with Gasteiger partial charge in [0.2, 0.25) is 0 Å². The lowest BCUT2D eigenvalue weighted by Crippen LogP contribution is -2.15. The maximum absolute atomic E-state index is 13.7. The van der Waals surface area contributed by atoms with E-state index in [1.54, 1.807) is 0 Å². The maximum atomic E-state index is 13.7. The van der Waals surface area contributed by atoms with Crippen molar-refractivity contribution in [3.05, 3.63) is 63.9 Å². The van der Waals surface area contributed by atoms with Crippen LogP contribution in [0.5, 0.6) is 0 Å². The first-order valence-electron chi connectivity index (χ1n) is 6.37. The Labute approximate surface area is 122 Å². The number of halogens is 2. The highest BCUT2D eigenvalue weighted by molar-refractivity contribution is 6.31. The Balaban J connectivity index is 2.35. The van der Waals surface area contributed by atoms with Crippen molar-refractivity contribution in [2.75, 3.05) is 5.32 Å². The summed E-state index contributed by atoms with van der Waals surface area (Å²) in [5.41, 5.74) is 2.64. The fourth-order valence-corrected chi connectivity index (χ4v) is 2.23. The zero-order valence-corrected chi connectivity index (χ0v) is 12.1. The highest BCUT2D eigenvalue weighted by atomic mass is 35.5. The Morgan fingerprint density at radius 1 is 1.30 bits per heavy atom. The number of hydrogen-bond acceptors (Lipinski definition) is 1. The van der Waals surface area contributed by atoms with E-state index in [2.05, 4.69) is 5.32 Å². The van der Waals surface area contributed by atoms with Crippen LogP contribution in [0.15, 0.2) is 36.4 Å². The summed E-state index contributed by atoms with van der Waals surface area (Å²) in [6.45, 7) is 3.91. The lowest BCUT2D eigenvalue weighted by atomic mass is 10.1. The van der Waals surface area contributed by atoms with Crippen molar-refractivity contribution in [3.63, 3.8) is 0 Å². The van der Waals surface area contributed by atoms with Crippen molar-refractivity contribution in [2.24, 2.45) is 0 Å². The van der Waals surface area contributed by atoms with E-state index in [-0.39, 0.29) is 5.56 Å². The van der Waals surface area contributed by atoms with Crippen molar-refractivity contribution in [1.29, 1.82) is 0 Å². The molecule has 2 aromatic rings. The standard InChI is InChI=1S/C16H15ClFNO/c1-3-11-6-4-5-10(2)15(11)19-16(20)13-9-12(17)7-8-14(13)18/h4-9H,3H2,1-2H3,(H,19,20). The maximum Gasteiger partial charge on any atom is 0.258 e. The summed E-state index contributed by atoms with van der Waals surface area (Å²) in [4.78, 5) is 12.2. The molecule has 2 nitrogen and oxygen atoms in total. The summed E-state index contributed by atoms with van der Waals surface area (Å²) >= 11 is 5.81.